The fraction of sp³-hybridized carbons (Fsp3) is 0.214. The highest BCUT2D eigenvalue weighted by Crippen LogP contribution is 2.37. The summed E-state index contributed by atoms with van der Waals surface area (Å²) in [5, 5.41) is 9.75. The van der Waals surface area contributed by atoms with Gasteiger partial charge in [0.1, 0.15) is 12.3 Å². The van der Waals surface area contributed by atoms with Crippen LogP contribution in [0.3, 0.4) is 0 Å². The largest absolute Gasteiger partial charge is 0.506 e. The third-order valence-corrected chi connectivity index (χ3v) is 4.54. The Hall–Kier alpha value is -1.51. The maximum Gasteiger partial charge on any atom is 0.326 e. The van der Waals surface area contributed by atoms with Crippen LogP contribution in [-0.4, -0.2) is 40.3 Å². The lowest BCUT2D eigenvalue weighted by Gasteiger charge is -2.10. The summed E-state index contributed by atoms with van der Waals surface area (Å²) >= 11 is 9.72. The van der Waals surface area contributed by atoms with Crippen LogP contribution in [0, 0.1) is 0 Å². The first-order chi connectivity index (χ1) is 10.8. The molecule has 2 amide bonds. The monoisotopic (exact) mass is 419 g/mol. The Morgan fingerprint density at radius 1 is 1.48 bits per heavy atom. The lowest BCUT2D eigenvalue weighted by atomic mass is 10.2. The van der Waals surface area contributed by atoms with Gasteiger partial charge in [-0.1, -0.05) is 11.6 Å². The zero-order chi connectivity index (χ0) is 17.1. The predicted molar refractivity (Wildman–Crippen MR) is 90.1 cm³/mol. The number of hydrogen-bond donors (Lipinski definition) is 1. The van der Waals surface area contributed by atoms with E-state index in [4.69, 9.17) is 16.3 Å². The molecule has 1 heterocycles. The number of halogens is 2. The highest BCUT2D eigenvalue weighted by Gasteiger charge is 2.36. The summed E-state index contributed by atoms with van der Waals surface area (Å²) in [6.45, 7) is 1.35. The molecule has 0 atom stereocenters. The van der Waals surface area contributed by atoms with Crippen LogP contribution in [0.4, 0.5) is 4.79 Å². The zero-order valence-corrected chi connectivity index (χ0v) is 15.0. The Kier molecular flexibility index (Phi) is 5.72. The highest BCUT2D eigenvalue weighted by atomic mass is 79.9. The van der Waals surface area contributed by atoms with E-state index in [1.165, 1.54) is 18.2 Å². The number of amides is 2. The van der Waals surface area contributed by atoms with Gasteiger partial charge in [-0.25, -0.2) is 0 Å². The van der Waals surface area contributed by atoms with Gasteiger partial charge in [-0.05, 0) is 52.8 Å². The number of benzene rings is 1. The van der Waals surface area contributed by atoms with E-state index in [1.807, 2.05) is 0 Å². The number of nitrogens with zero attached hydrogens (tertiary/aromatic N) is 1. The molecule has 6 nitrogen and oxygen atoms in total. The number of thioether (sulfide) groups is 1. The number of imide groups is 1. The smallest absolute Gasteiger partial charge is 0.326 e. The minimum absolute atomic E-state index is 0.0868. The van der Waals surface area contributed by atoms with Gasteiger partial charge < -0.3 is 9.84 Å². The number of carbonyl (C=O) groups excluding carboxylic acids is 3. The Labute approximate surface area is 149 Å². The van der Waals surface area contributed by atoms with Crippen LogP contribution in [0.2, 0.25) is 5.02 Å². The minimum atomic E-state index is -0.663. The van der Waals surface area contributed by atoms with Crippen LogP contribution in [0.5, 0.6) is 5.75 Å². The fourth-order valence-electron chi connectivity index (χ4n) is 1.81. The van der Waals surface area contributed by atoms with E-state index in [1.54, 1.807) is 6.92 Å². The molecular weight excluding hydrogens is 410 g/mol. The van der Waals surface area contributed by atoms with Gasteiger partial charge in [-0.3, -0.25) is 19.3 Å². The summed E-state index contributed by atoms with van der Waals surface area (Å²) in [6.07, 6.45) is 1.35. The van der Waals surface area contributed by atoms with Crippen LogP contribution in [-0.2, 0) is 14.3 Å². The third kappa shape index (κ3) is 4.07. The first-order valence-electron chi connectivity index (χ1n) is 6.42. The van der Waals surface area contributed by atoms with Gasteiger partial charge >= 0.3 is 5.97 Å². The molecule has 1 fully saturated rings. The second-order valence-electron chi connectivity index (χ2n) is 4.40. The van der Waals surface area contributed by atoms with E-state index in [-0.39, 0.29) is 22.8 Å². The standard InChI is InChI=1S/C14H11BrClNO5S/c1-2-22-11(18)6-17-13(20)10(23-14(17)21)4-7-3-8(16)5-9(15)12(7)19/h3-5,19H,2,6H2,1H3/b10-4+. The molecule has 0 unspecified atom stereocenters. The van der Waals surface area contributed by atoms with Gasteiger partial charge in [0.2, 0.25) is 0 Å². The van der Waals surface area contributed by atoms with Gasteiger partial charge in [0, 0.05) is 10.6 Å². The number of carbonyl (C=O) groups is 3. The Bertz CT molecular complexity index is 721. The number of esters is 1. The average Bonchev–Trinajstić information content (AvgIpc) is 2.72. The number of phenols is 1. The van der Waals surface area contributed by atoms with E-state index in [0.717, 1.165) is 4.90 Å². The van der Waals surface area contributed by atoms with E-state index in [9.17, 15) is 19.5 Å². The number of phenolic OH excluding ortho intramolecular Hbond substituents is 1. The van der Waals surface area contributed by atoms with E-state index < -0.39 is 23.7 Å². The normalized spacial score (nSPS) is 16.3. The Balaban J connectivity index is 2.27. The second-order valence-corrected chi connectivity index (χ2v) is 6.68. The lowest BCUT2D eigenvalue weighted by molar-refractivity contribution is -0.145. The predicted octanol–water partition coefficient (Wildman–Crippen LogP) is 3.41. The molecule has 0 saturated carbocycles. The van der Waals surface area contributed by atoms with Gasteiger partial charge in [-0.15, -0.1) is 0 Å². The molecule has 1 aliphatic rings. The summed E-state index contributed by atoms with van der Waals surface area (Å²) in [4.78, 5) is 36.4. The van der Waals surface area contributed by atoms with Crippen LogP contribution in [0.15, 0.2) is 21.5 Å². The molecule has 1 N–H and O–H groups in total. The number of aromatic hydroxyl groups is 1. The number of ether oxygens (including phenoxy) is 1. The van der Waals surface area contributed by atoms with Crippen molar-refractivity contribution in [2.24, 2.45) is 0 Å². The summed E-state index contributed by atoms with van der Waals surface area (Å²) in [5.41, 5.74) is 0.283. The number of rotatable bonds is 4. The number of hydrogen-bond acceptors (Lipinski definition) is 6. The molecule has 2 rings (SSSR count). The minimum Gasteiger partial charge on any atom is -0.506 e. The Morgan fingerprint density at radius 2 is 2.17 bits per heavy atom. The second kappa shape index (κ2) is 7.37. The molecule has 1 aromatic rings. The van der Waals surface area contributed by atoms with Crippen LogP contribution in [0.25, 0.3) is 6.08 Å². The highest BCUT2D eigenvalue weighted by molar-refractivity contribution is 9.10. The first kappa shape index (κ1) is 17.8. The van der Waals surface area contributed by atoms with Crippen molar-refractivity contribution in [3.63, 3.8) is 0 Å². The van der Waals surface area contributed by atoms with Crippen LogP contribution >= 0.6 is 39.3 Å². The van der Waals surface area contributed by atoms with Crippen molar-refractivity contribution >= 4 is 62.5 Å². The molecule has 1 saturated heterocycles. The topological polar surface area (TPSA) is 83.9 Å². The lowest BCUT2D eigenvalue weighted by Crippen LogP contribution is -2.34. The van der Waals surface area contributed by atoms with Gasteiger partial charge in [-0.2, -0.15) is 0 Å². The summed E-state index contributed by atoms with van der Waals surface area (Å²) < 4.78 is 5.09. The fourth-order valence-corrected chi connectivity index (χ4v) is 3.47. The van der Waals surface area contributed by atoms with Crippen molar-refractivity contribution in [3.8, 4) is 5.75 Å². The molecule has 1 aromatic carbocycles. The first-order valence-corrected chi connectivity index (χ1v) is 8.41. The summed E-state index contributed by atoms with van der Waals surface area (Å²) in [6, 6.07) is 2.96. The molecular formula is C14H11BrClNO5S. The van der Waals surface area contributed by atoms with E-state index in [0.29, 0.717) is 21.3 Å². The molecule has 0 aromatic heterocycles. The zero-order valence-electron chi connectivity index (χ0n) is 11.8. The summed E-state index contributed by atoms with van der Waals surface area (Å²) in [7, 11) is 0. The maximum atomic E-state index is 12.2. The van der Waals surface area contributed by atoms with Gasteiger partial charge in [0.15, 0.2) is 0 Å². The maximum absolute atomic E-state index is 12.2. The molecule has 0 bridgehead atoms. The van der Waals surface area contributed by atoms with Crippen LogP contribution < -0.4 is 0 Å². The molecule has 122 valence electrons. The molecule has 0 spiro atoms. The van der Waals surface area contributed by atoms with Crippen molar-refractivity contribution < 1.29 is 24.2 Å². The molecule has 23 heavy (non-hydrogen) atoms. The summed E-state index contributed by atoms with van der Waals surface area (Å²) in [5.74, 6) is -1.39. The molecule has 9 heteroatoms. The van der Waals surface area contributed by atoms with E-state index in [2.05, 4.69) is 15.9 Å². The van der Waals surface area contributed by atoms with Crippen molar-refractivity contribution in [3.05, 3.63) is 32.1 Å². The van der Waals surface area contributed by atoms with Crippen molar-refractivity contribution in [2.45, 2.75) is 6.92 Å². The average molecular weight is 421 g/mol. The molecule has 0 radical (unpaired) electrons. The SMILES string of the molecule is CCOC(=O)CN1C(=O)S/C(=C/c2cc(Cl)cc(Br)c2O)C1=O. The van der Waals surface area contributed by atoms with Gasteiger partial charge in [0.25, 0.3) is 11.1 Å². The van der Waals surface area contributed by atoms with Crippen molar-refractivity contribution in [1.29, 1.82) is 0 Å². The molecule has 0 aliphatic carbocycles. The molecule has 1 aliphatic heterocycles. The van der Waals surface area contributed by atoms with Crippen molar-refractivity contribution in [1.82, 2.24) is 4.90 Å². The quantitative estimate of drug-likeness (QED) is 0.594. The van der Waals surface area contributed by atoms with Gasteiger partial charge in [0.05, 0.1) is 16.0 Å². The van der Waals surface area contributed by atoms with E-state index >= 15 is 0 Å². The third-order valence-electron chi connectivity index (χ3n) is 2.81. The Morgan fingerprint density at radius 3 is 2.83 bits per heavy atom. The van der Waals surface area contributed by atoms with Crippen LogP contribution in [0.1, 0.15) is 12.5 Å². The van der Waals surface area contributed by atoms with Crippen molar-refractivity contribution in [2.75, 3.05) is 13.2 Å².